The van der Waals surface area contributed by atoms with E-state index in [1.807, 2.05) is 6.07 Å². The van der Waals surface area contributed by atoms with Gasteiger partial charge in [-0.25, -0.2) is 9.78 Å². The highest BCUT2D eigenvalue weighted by Crippen LogP contribution is 2.34. The highest BCUT2D eigenvalue weighted by Gasteiger charge is 2.18. The lowest BCUT2D eigenvalue weighted by Gasteiger charge is -2.22. The lowest BCUT2D eigenvalue weighted by Crippen LogP contribution is -2.37. The number of rotatable bonds is 5. The first-order valence-corrected chi connectivity index (χ1v) is 9.74. The van der Waals surface area contributed by atoms with Crippen LogP contribution < -0.4 is 14.8 Å². The predicted octanol–water partition coefficient (Wildman–Crippen LogP) is 4.83. The molecule has 2 aromatic heterocycles. The number of oxazole rings is 1. The Balaban J connectivity index is 1.55. The lowest BCUT2D eigenvalue weighted by atomic mass is 9.96. The summed E-state index contributed by atoms with van der Waals surface area (Å²) in [5.74, 6) is 1.57. The SMILES string of the molecule is COc1ccc(OC(=O)NC2CCCCC2)cc1-c1cncc(-c2ncco2)c1. The van der Waals surface area contributed by atoms with Crippen molar-refractivity contribution < 1.29 is 18.7 Å². The van der Waals surface area contributed by atoms with Crippen molar-refractivity contribution in [3.63, 3.8) is 0 Å². The van der Waals surface area contributed by atoms with Gasteiger partial charge in [-0.15, -0.1) is 0 Å². The maximum atomic E-state index is 12.3. The molecule has 29 heavy (non-hydrogen) atoms. The molecule has 1 aliphatic carbocycles. The molecule has 0 aliphatic heterocycles. The van der Waals surface area contributed by atoms with Crippen LogP contribution in [0.1, 0.15) is 32.1 Å². The van der Waals surface area contributed by atoms with Crippen LogP contribution in [0.5, 0.6) is 11.5 Å². The Kier molecular flexibility index (Phi) is 5.74. The van der Waals surface area contributed by atoms with E-state index >= 15 is 0 Å². The van der Waals surface area contributed by atoms with Gasteiger partial charge in [0, 0.05) is 29.6 Å². The van der Waals surface area contributed by atoms with Crippen LogP contribution in [-0.2, 0) is 0 Å². The zero-order chi connectivity index (χ0) is 20.1. The van der Waals surface area contributed by atoms with Gasteiger partial charge in [-0.3, -0.25) is 4.98 Å². The number of amides is 1. The molecule has 0 spiro atoms. The number of pyridine rings is 1. The molecule has 1 aromatic carbocycles. The zero-order valence-electron chi connectivity index (χ0n) is 16.3. The Morgan fingerprint density at radius 2 is 1.97 bits per heavy atom. The number of carbonyl (C=O) groups excluding carboxylic acids is 1. The maximum Gasteiger partial charge on any atom is 0.412 e. The maximum absolute atomic E-state index is 12.3. The number of methoxy groups -OCH3 is 1. The molecule has 1 saturated carbocycles. The Morgan fingerprint density at radius 3 is 2.72 bits per heavy atom. The average Bonchev–Trinajstić information content (AvgIpc) is 3.29. The van der Waals surface area contributed by atoms with Crippen molar-refractivity contribution in [3.05, 3.63) is 49.1 Å². The van der Waals surface area contributed by atoms with Gasteiger partial charge >= 0.3 is 6.09 Å². The van der Waals surface area contributed by atoms with Gasteiger partial charge in [0.1, 0.15) is 17.8 Å². The molecule has 0 atom stereocenters. The monoisotopic (exact) mass is 393 g/mol. The first-order valence-electron chi connectivity index (χ1n) is 9.74. The topological polar surface area (TPSA) is 86.5 Å². The summed E-state index contributed by atoms with van der Waals surface area (Å²) in [5, 5.41) is 2.96. The number of benzene rings is 1. The largest absolute Gasteiger partial charge is 0.496 e. The fraction of sp³-hybridized carbons (Fsp3) is 0.318. The standard InChI is InChI=1S/C22H23N3O4/c1-27-20-8-7-18(29-22(26)25-17-5-3-2-4-6-17)12-19(20)15-11-16(14-23-13-15)21-24-9-10-28-21/h7-14,17H,2-6H2,1H3,(H,25,26). The summed E-state index contributed by atoms with van der Waals surface area (Å²) >= 11 is 0. The summed E-state index contributed by atoms with van der Waals surface area (Å²) in [6, 6.07) is 7.36. The Hall–Kier alpha value is -3.35. The average molecular weight is 393 g/mol. The smallest absolute Gasteiger partial charge is 0.412 e. The van der Waals surface area contributed by atoms with E-state index in [2.05, 4.69) is 15.3 Å². The Labute approximate surface area is 169 Å². The van der Waals surface area contributed by atoms with Crippen LogP contribution in [0.15, 0.2) is 53.5 Å². The second-order valence-electron chi connectivity index (χ2n) is 7.03. The van der Waals surface area contributed by atoms with Crippen molar-refractivity contribution in [3.8, 4) is 34.1 Å². The zero-order valence-corrected chi connectivity index (χ0v) is 16.3. The summed E-state index contributed by atoms with van der Waals surface area (Å²) in [7, 11) is 1.60. The van der Waals surface area contributed by atoms with E-state index in [0.29, 0.717) is 17.4 Å². The van der Waals surface area contributed by atoms with Crippen LogP contribution in [0.2, 0.25) is 0 Å². The second-order valence-corrected chi connectivity index (χ2v) is 7.03. The van der Waals surface area contributed by atoms with E-state index in [0.717, 1.165) is 42.4 Å². The fourth-order valence-corrected chi connectivity index (χ4v) is 3.60. The third kappa shape index (κ3) is 4.56. The van der Waals surface area contributed by atoms with E-state index in [4.69, 9.17) is 13.9 Å². The van der Waals surface area contributed by atoms with Crippen molar-refractivity contribution in [1.29, 1.82) is 0 Å². The molecule has 0 radical (unpaired) electrons. The van der Waals surface area contributed by atoms with Crippen LogP contribution in [-0.4, -0.2) is 29.2 Å². The minimum absolute atomic E-state index is 0.190. The molecule has 7 heteroatoms. The van der Waals surface area contributed by atoms with Crippen LogP contribution in [0.3, 0.4) is 0 Å². The van der Waals surface area contributed by atoms with Gasteiger partial charge in [0.2, 0.25) is 5.89 Å². The minimum Gasteiger partial charge on any atom is -0.496 e. The minimum atomic E-state index is -0.431. The molecule has 7 nitrogen and oxygen atoms in total. The van der Waals surface area contributed by atoms with Crippen LogP contribution in [0, 0.1) is 0 Å². The van der Waals surface area contributed by atoms with Crippen molar-refractivity contribution in [2.75, 3.05) is 7.11 Å². The number of carbonyl (C=O) groups is 1. The summed E-state index contributed by atoms with van der Waals surface area (Å²) in [6.07, 6.45) is 11.6. The van der Waals surface area contributed by atoms with Gasteiger partial charge in [-0.05, 0) is 37.1 Å². The van der Waals surface area contributed by atoms with E-state index in [-0.39, 0.29) is 6.04 Å². The Morgan fingerprint density at radius 1 is 1.14 bits per heavy atom. The molecular formula is C22H23N3O4. The summed E-state index contributed by atoms with van der Waals surface area (Å²) < 4.78 is 16.4. The number of aromatic nitrogens is 2. The summed E-state index contributed by atoms with van der Waals surface area (Å²) in [6.45, 7) is 0. The second kappa shape index (κ2) is 8.77. The molecule has 1 amide bonds. The van der Waals surface area contributed by atoms with Gasteiger partial charge in [-0.2, -0.15) is 0 Å². The van der Waals surface area contributed by atoms with Gasteiger partial charge < -0.3 is 19.2 Å². The summed E-state index contributed by atoms with van der Waals surface area (Å²) in [4.78, 5) is 20.7. The number of nitrogens with one attached hydrogen (secondary N) is 1. The molecule has 4 rings (SSSR count). The predicted molar refractivity (Wildman–Crippen MR) is 108 cm³/mol. The van der Waals surface area contributed by atoms with E-state index in [1.54, 1.807) is 43.9 Å². The van der Waals surface area contributed by atoms with Crippen LogP contribution in [0.25, 0.3) is 22.6 Å². The van der Waals surface area contributed by atoms with E-state index < -0.39 is 6.09 Å². The van der Waals surface area contributed by atoms with Crippen LogP contribution in [0.4, 0.5) is 4.79 Å². The Bertz CT molecular complexity index is 966. The van der Waals surface area contributed by atoms with Gasteiger partial charge in [0.25, 0.3) is 0 Å². The molecule has 0 unspecified atom stereocenters. The molecule has 2 heterocycles. The number of hydrogen-bond donors (Lipinski definition) is 1. The van der Waals surface area contributed by atoms with Crippen molar-refractivity contribution in [2.24, 2.45) is 0 Å². The highest BCUT2D eigenvalue weighted by atomic mass is 16.6. The third-order valence-corrected chi connectivity index (χ3v) is 5.04. The first kappa shape index (κ1) is 19.0. The molecule has 3 aromatic rings. The van der Waals surface area contributed by atoms with Gasteiger partial charge in [0.05, 0.1) is 18.9 Å². The number of ether oxygens (including phenoxy) is 2. The highest BCUT2D eigenvalue weighted by molar-refractivity contribution is 5.76. The van der Waals surface area contributed by atoms with Gasteiger partial charge in [-0.1, -0.05) is 19.3 Å². The van der Waals surface area contributed by atoms with Crippen LogP contribution >= 0.6 is 0 Å². The van der Waals surface area contributed by atoms with Crippen molar-refractivity contribution in [2.45, 2.75) is 38.1 Å². The van der Waals surface area contributed by atoms with E-state index in [1.165, 1.54) is 12.7 Å². The molecule has 0 saturated heterocycles. The third-order valence-electron chi connectivity index (χ3n) is 5.04. The quantitative estimate of drug-likeness (QED) is 0.668. The number of hydrogen-bond acceptors (Lipinski definition) is 6. The lowest BCUT2D eigenvalue weighted by molar-refractivity contribution is 0.192. The fourth-order valence-electron chi connectivity index (χ4n) is 3.60. The molecule has 150 valence electrons. The number of nitrogens with zero attached hydrogens (tertiary/aromatic N) is 2. The molecule has 1 aliphatic rings. The molecule has 0 bridgehead atoms. The normalized spacial score (nSPS) is 14.4. The molecule has 1 N–H and O–H groups in total. The summed E-state index contributed by atoms with van der Waals surface area (Å²) in [5.41, 5.74) is 2.31. The molecule has 1 fully saturated rings. The van der Waals surface area contributed by atoms with Gasteiger partial charge in [0.15, 0.2) is 0 Å². The van der Waals surface area contributed by atoms with Crippen molar-refractivity contribution in [1.82, 2.24) is 15.3 Å². The first-order chi connectivity index (χ1) is 14.2. The van der Waals surface area contributed by atoms with E-state index in [9.17, 15) is 4.79 Å². The molecular weight excluding hydrogens is 370 g/mol. The van der Waals surface area contributed by atoms with Crippen molar-refractivity contribution >= 4 is 6.09 Å².